The Hall–Kier alpha value is -3.68. The van der Waals surface area contributed by atoms with Crippen LogP contribution >= 0.6 is 11.3 Å². The van der Waals surface area contributed by atoms with Crippen molar-refractivity contribution in [1.82, 2.24) is 0 Å². The average molecular weight is 413 g/mol. The van der Waals surface area contributed by atoms with Crippen molar-refractivity contribution in [2.45, 2.75) is 0 Å². The summed E-state index contributed by atoms with van der Waals surface area (Å²) in [6, 6.07) is 43.8. The maximum atomic E-state index is 2.34. The zero-order valence-electron chi connectivity index (χ0n) is 17.0. The van der Waals surface area contributed by atoms with Crippen molar-refractivity contribution < 1.29 is 0 Å². The molecule has 0 aliphatic carbocycles. The smallest absolute Gasteiger partial charge is 0.0355 e. The molecule has 0 unspecified atom stereocenters. The van der Waals surface area contributed by atoms with Crippen LogP contribution in [0.3, 0.4) is 0 Å². The summed E-state index contributed by atoms with van der Waals surface area (Å²) in [4.78, 5) is 0. The highest BCUT2D eigenvalue weighted by molar-refractivity contribution is 7.25. The molecule has 0 fully saturated rings. The lowest BCUT2D eigenvalue weighted by Gasteiger charge is -2.08. The van der Waals surface area contributed by atoms with E-state index in [0.29, 0.717) is 0 Å². The van der Waals surface area contributed by atoms with Gasteiger partial charge in [-0.15, -0.1) is 11.3 Å². The van der Waals surface area contributed by atoms with Crippen molar-refractivity contribution in [3.63, 3.8) is 0 Å². The lowest BCUT2D eigenvalue weighted by molar-refractivity contribution is 1.58. The van der Waals surface area contributed by atoms with Crippen molar-refractivity contribution in [3.05, 3.63) is 121 Å². The topological polar surface area (TPSA) is 0 Å². The second-order valence-corrected chi connectivity index (χ2v) is 8.92. The van der Waals surface area contributed by atoms with Gasteiger partial charge < -0.3 is 0 Å². The Morgan fingerprint density at radius 1 is 0.323 bits per heavy atom. The summed E-state index contributed by atoms with van der Waals surface area (Å²) in [5.74, 6) is 0. The third-order valence-electron chi connectivity index (χ3n) is 5.90. The van der Waals surface area contributed by atoms with Crippen LogP contribution in [0.2, 0.25) is 0 Å². The molecule has 0 atom stereocenters. The Bertz CT molecular complexity index is 1510. The molecule has 0 nitrogen and oxygen atoms in total. The van der Waals surface area contributed by atoms with Crippen LogP contribution in [0.4, 0.5) is 0 Å². The fourth-order valence-electron chi connectivity index (χ4n) is 4.27. The highest BCUT2D eigenvalue weighted by Gasteiger charge is 2.08. The Morgan fingerprint density at radius 2 is 0.839 bits per heavy atom. The van der Waals surface area contributed by atoms with Crippen molar-refractivity contribution >= 4 is 31.5 Å². The van der Waals surface area contributed by atoms with Crippen LogP contribution in [0, 0.1) is 0 Å². The van der Waals surface area contributed by atoms with Crippen molar-refractivity contribution in [2.24, 2.45) is 0 Å². The maximum Gasteiger partial charge on any atom is 0.0355 e. The van der Waals surface area contributed by atoms with Crippen LogP contribution in [0.5, 0.6) is 0 Å². The number of rotatable bonds is 3. The number of hydrogen-bond donors (Lipinski definition) is 0. The molecule has 0 aliphatic heterocycles. The van der Waals surface area contributed by atoms with Gasteiger partial charge in [0.1, 0.15) is 0 Å². The summed E-state index contributed by atoms with van der Waals surface area (Å²) >= 11 is 1.87. The number of benzene rings is 5. The predicted octanol–water partition coefficient (Wildman–Crippen LogP) is 9.06. The lowest BCUT2D eigenvalue weighted by atomic mass is 9.96. The van der Waals surface area contributed by atoms with Crippen molar-refractivity contribution in [3.8, 4) is 33.4 Å². The van der Waals surface area contributed by atoms with Gasteiger partial charge in [-0.05, 0) is 57.6 Å². The van der Waals surface area contributed by atoms with E-state index in [9.17, 15) is 0 Å². The molecule has 0 saturated carbocycles. The zero-order valence-corrected chi connectivity index (χ0v) is 17.8. The molecule has 6 rings (SSSR count). The van der Waals surface area contributed by atoms with Gasteiger partial charge in [0.2, 0.25) is 0 Å². The normalized spacial score (nSPS) is 11.2. The lowest BCUT2D eigenvalue weighted by Crippen LogP contribution is -1.83. The molecule has 1 heterocycles. The molecule has 146 valence electrons. The van der Waals surface area contributed by atoms with E-state index in [2.05, 4.69) is 121 Å². The summed E-state index contributed by atoms with van der Waals surface area (Å²) in [5, 5.41) is 2.69. The summed E-state index contributed by atoms with van der Waals surface area (Å²) in [6.45, 7) is 0. The van der Waals surface area contributed by atoms with E-state index in [4.69, 9.17) is 0 Å². The van der Waals surface area contributed by atoms with Crippen LogP contribution in [-0.4, -0.2) is 0 Å². The summed E-state index contributed by atoms with van der Waals surface area (Å²) in [5.41, 5.74) is 7.49. The van der Waals surface area contributed by atoms with Crippen LogP contribution in [0.15, 0.2) is 121 Å². The Labute approximate surface area is 186 Å². The fraction of sp³-hybridized carbons (Fsp3) is 0. The van der Waals surface area contributed by atoms with Gasteiger partial charge in [-0.1, -0.05) is 97.1 Å². The number of hydrogen-bond acceptors (Lipinski definition) is 1. The molecule has 0 amide bonds. The minimum atomic E-state index is 1.24. The summed E-state index contributed by atoms with van der Waals surface area (Å²) in [6.07, 6.45) is 0. The molecule has 0 saturated heterocycles. The van der Waals surface area contributed by atoms with E-state index in [-0.39, 0.29) is 0 Å². The molecule has 0 aliphatic rings. The number of fused-ring (bicyclic) bond motifs is 3. The molecular weight excluding hydrogens is 392 g/mol. The van der Waals surface area contributed by atoms with E-state index in [1.807, 2.05) is 11.3 Å². The van der Waals surface area contributed by atoms with Gasteiger partial charge in [0.25, 0.3) is 0 Å². The Balaban J connectivity index is 1.38. The minimum absolute atomic E-state index is 1.24. The summed E-state index contributed by atoms with van der Waals surface area (Å²) in [7, 11) is 0. The van der Waals surface area contributed by atoms with E-state index >= 15 is 0 Å². The minimum Gasteiger partial charge on any atom is -0.135 e. The van der Waals surface area contributed by atoms with E-state index in [0.717, 1.165) is 0 Å². The SMILES string of the molecule is c1ccc(-c2ccc(-c3cccc(-c4ccc5sc6ccccc6c5c4)c3)cc2)cc1. The second-order valence-electron chi connectivity index (χ2n) is 7.83. The van der Waals surface area contributed by atoms with Crippen LogP contribution in [0.25, 0.3) is 53.6 Å². The van der Waals surface area contributed by atoms with Crippen molar-refractivity contribution in [2.75, 3.05) is 0 Å². The van der Waals surface area contributed by atoms with Gasteiger partial charge in [0, 0.05) is 20.2 Å². The first kappa shape index (κ1) is 18.1. The Kier molecular flexibility index (Phi) is 4.40. The standard InChI is InChI=1S/C30H20S/c1-2-7-21(8-3-1)22-13-15-23(16-14-22)24-9-6-10-25(19-24)26-17-18-30-28(20-26)27-11-4-5-12-29(27)31-30/h1-20H. The number of thiophene rings is 1. The molecule has 0 N–H and O–H groups in total. The van der Waals surface area contributed by atoms with E-state index < -0.39 is 0 Å². The van der Waals surface area contributed by atoms with Gasteiger partial charge in [-0.3, -0.25) is 0 Å². The monoisotopic (exact) mass is 412 g/mol. The third-order valence-corrected chi connectivity index (χ3v) is 7.05. The maximum absolute atomic E-state index is 2.34. The average Bonchev–Trinajstić information content (AvgIpc) is 3.23. The van der Waals surface area contributed by atoms with Crippen molar-refractivity contribution in [1.29, 1.82) is 0 Å². The highest BCUT2D eigenvalue weighted by Crippen LogP contribution is 2.37. The quantitative estimate of drug-likeness (QED) is 0.272. The van der Waals surface area contributed by atoms with Crippen LogP contribution in [0.1, 0.15) is 0 Å². The highest BCUT2D eigenvalue weighted by atomic mass is 32.1. The van der Waals surface area contributed by atoms with Gasteiger partial charge in [-0.25, -0.2) is 0 Å². The molecule has 1 aromatic heterocycles. The fourth-order valence-corrected chi connectivity index (χ4v) is 5.36. The summed E-state index contributed by atoms with van der Waals surface area (Å²) < 4.78 is 2.69. The largest absolute Gasteiger partial charge is 0.135 e. The van der Waals surface area contributed by atoms with Gasteiger partial charge >= 0.3 is 0 Å². The Morgan fingerprint density at radius 3 is 1.65 bits per heavy atom. The van der Waals surface area contributed by atoms with Crippen LogP contribution in [-0.2, 0) is 0 Å². The van der Waals surface area contributed by atoms with E-state index in [1.165, 1.54) is 53.6 Å². The first-order valence-electron chi connectivity index (χ1n) is 10.5. The molecule has 0 bridgehead atoms. The molecule has 5 aromatic carbocycles. The molecule has 31 heavy (non-hydrogen) atoms. The van der Waals surface area contributed by atoms with Gasteiger partial charge in [0.05, 0.1) is 0 Å². The van der Waals surface area contributed by atoms with Gasteiger partial charge in [-0.2, -0.15) is 0 Å². The third kappa shape index (κ3) is 3.34. The van der Waals surface area contributed by atoms with Crippen LogP contribution < -0.4 is 0 Å². The molecule has 0 spiro atoms. The van der Waals surface area contributed by atoms with E-state index in [1.54, 1.807) is 0 Å². The second kappa shape index (κ2) is 7.54. The van der Waals surface area contributed by atoms with Gasteiger partial charge in [0.15, 0.2) is 0 Å². The molecule has 6 aromatic rings. The predicted molar refractivity (Wildman–Crippen MR) is 136 cm³/mol. The zero-order chi connectivity index (χ0) is 20.6. The first-order valence-corrected chi connectivity index (χ1v) is 11.3. The molecule has 1 heteroatoms. The molecule has 0 radical (unpaired) electrons. The first-order chi connectivity index (χ1) is 15.3. The molecular formula is C30H20S.